The van der Waals surface area contributed by atoms with Gasteiger partial charge in [0.15, 0.2) is 15.8 Å². The van der Waals surface area contributed by atoms with E-state index in [0.29, 0.717) is 27.3 Å². The van der Waals surface area contributed by atoms with E-state index in [2.05, 4.69) is 0 Å². The lowest BCUT2D eigenvalue weighted by Gasteiger charge is -2.18. The van der Waals surface area contributed by atoms with Crippen molar-refractivity contribution in [1.82, 2.24) is 0 Å². The van der Waals surface area contributed by atoms with E-state index in [4.69, 9.17) is 21.7 Å². The maximum atomic E-state index is 13.0. The number of ether oxygens (including phenoxy) is 2. The highest BCUT2D eigenvalue weighted by Crippen LogP contribution is 2.38. The number of amides is 1. The van der Waals surface area contributed by atoms with Crippen molar-refractivity contribution in [2.45, 2.75) is 20.8 Å². The number of nitrogens with zero attached hydrogens (tertiary/aromatic N) is 1. The second-order valence-corrected chi connectivity index (χ2v) is 7.76. The Labute approximate surface area is 169 Å². The number of hydrogen-bond acceptors (Lipinski definition) is 5. The first-order valence-corrected chi connectivity index (χ1v) is 9.83. The molecule has 0 saturated carbocycles. The Hall–Kier alpha value is -2.31. The zero-order valence-electron chi connectivity index (χ0n) is 15.7. The molecule has 1 fully saturated rings. The summed E-state index contributed by atoms with van der Waals surface area (Å²) in [5.41, 5.74) is 3.88. The normalized spacial score (nSPS) is 15.6. The van der Waals surface area contributed by atoms with Crippen LogP contribution in [0.3, 0.4) is 0 Å². The molecule has 2 aromatic rings. The van der Waals surface area contributed by atoms with E-state index in [9.17, 15) is 4.79 Å². The lowest BCUT2D eigenvalue weighted by atomic mass is 10.1. The van der Waals surface area contributed by atoms with Crippen LogP contribution in [0.2, 0.25) is 0 Å². The number of benzene rings is 2. The van der Waals surface area contributed by atoms with Crippen LogP contribution in [0.25, 0.3) is 6.08 Å². The number of thioether (sulfide) groups is 1. The molecule has 0 bridgehead atoms. The standard InChI is InChI=1S/C21H21NO3S2/c1-5-25-17-10-9-15(11-18(17)24-4)12-19-20(23)22(21(26)27-19)16-8-6-7-13(2)14(16)3/h6-12H,5H2,1-4H3. The first-order valence-electron chi connectivity index (χ1n) is 8.61. The number of carbonyl (C=O) groups is 1. The zero-order valence-corrected chi connectivity index (χ0v) is 17.4. The SMILES string of the molecule is CCOc1ccc(C=C2SC(=S)N(c3cccc(C)c3C)C2=O)cc1OC. The Balaban J connectivity index is 1.94. The minimum absolute atomic E-state index is 0.105. The minimum Gasteiger partial charge on any atom is -0.493 e. The maximum absolute atomic E-state index is 13.0. The summed E-state index contributed by atoms with van der Waals surface area (Å²) in [6.07, 6.45) is 1.84. The van der Waals surface area contributed by atoms with Gasteiger partial charge in [-0.15, -0.1) is 0 Å². The smallest absolute Gasteiger partial charge is 0.270 e. The van der Waals surface area contributed by atoms with Crippen LogP contribution in [0.1, 0.15) is 23.6 Å². The minimum atomic E-state index is -0.105. The topological polar surface area (TPSA) is 38.8 Å². The van der Waals surface area contributed by atoms with Crippen molar-refractivity contribution in [2.75, 3.05) is 18.6 Å². The number of carbonyl (C=O) groups excluding carboxylic acids is 1. The first kappa shape index (κ1) is 19.5. The third-order valence-electron chi connectivity index (χ3n) is 4.40. The van der Waals surface area contributed by atoms with Gasteiger partial charge in [0.25, 0.3) is 5.91 Å². The number of methoxy groups -OCH3 is 1. The summed E-state index contributed by atoms with van der Waals surface area (Å²) < 4.78 is 11.5. The van der Waals surface area contributed by atoms with E-state index in [0.717, 1.165) is 22.4 Å². The predicted molar refractivity (Wildman–Crippen MR) is 116 cm³/mol. The molecule has 0 aromatic heterocycles. The van der Waals surface area contributed by atoms with Crippen molar-refractivity contribution >= 4 is 46.0 Å². The monoisotopic (exact) mass is 399 g/mol. The highest BCUT2D eigenvalue weighted by atomic mass is 32.2. The zero-order chi connectivity index (χ0) is 19.6. The summed E-state index contributed by atoms with van der Waals surface area (Å²) in [4.78, 5) is 15.2. The maximum Gasteiger partial charge on any atom is 0.270 e. The molecular weight excluding hydrogens is 378 g/mol. The Kier molecular flexibility index (Phi) is 5.87. The predicted octanol–water partition coefficient (Wildman–Crippen LogP) is 5.12. The van der Waals surface area contributed by atoms with Crippen LogP contribution in [0.15, 0.2) is 41.3 Å². The fourth-order valence-corrected chi connectivity index (χ4v) is 4.14. The molecule has 1 amide bonds. The molecule has 27 heavy (non-hydrogen) atoms. The highest BCUT2D eigenvalue weighted by Gasteiger charge is 2.34. The lowest BCUT2D eigenvalue weighted by Crippen LogP contribution is -2.28. The van der Waals surface area contributed by atoms with E-state index < -0.39 is 0 Å². The second-order valence-electron chi connectivity index (χ2n) is 6.08. The summed E-state index contributed by atoms with van der Waals surface area (Å²) in [7, 11) is 1.60. The Morgan fingerprint density at radius 1 is 1.19 bits per heavy atom. The molecule has 0 unspecified atom stereocenters. The van der Waals surface area contributed by atoms with Gasteiger partial charge >= 0.3 is 0 Å². The molecule has 0 aliphatic carbocycles. The molecular formula is C21H21NO3S2. The molecule has 0 spiro atoms. The molecule has 0 radical (unpaired) electrons. The Morgan fingerprint density at radius 3 is 2.67 bits per heavy atom. The number of hydrogen-bond donors (Lipinski definition) is 0. The number of rotatable bonds is 5. The Bertz CT molecular complexity index is 937. The van der Waals surface area contributed by atoms with Gasteiger partial charge in [-0.2, -0.15) is 0 Å². The molecule has 1 aliphatic rings. The van der Waals surface area contributed by atoms with Gasteiger partial charge in [0, 0.05) is 0 Å². The summed E-state index contributed by atoms with van der Waals surface area (Å²) >= 11 is 6.79. The van der Waals surface area contributed by atoms with Crippen molar-refractivity contribution in [1.29, 1.82) is 0 Å². The summed E-state index contributed by atoms with van der Waals surface area (Å²) in [5, 5.41) is 0. The highest BCUT2D eigenvalue weighted by molar-refractivity contribution is 8.27. The lowest BCUT2D eigenvalue weighted by molar-refractivity contribution is -0.113. The average molecular weight is 400 g/mol. The average Bonchev–Trinajstić information content (AvgIpc) is 2.92. The molecule has 4 nitrogen and oxygen atoms in total. The molecule has 3 rings (SSSR count). The molecule has 6 heteroatoms. The third kappa shape index (κ3) is 3.87. The molecule has 0 N–H and O–H groups in total. The van der Waals surface area contributed by atoms with E-state index in [1.807, 2.05) is 63.2 Å². The van der Waals surface area contributed by atoms with Gasteiger partial charge in [-0.25, -0.2) is 0 Å². The van der Waals surface area contributed by atoms with Gasteiger partial charge in [0.05, 0.1) is 24.3 Å². The molecule has 2 aromatic carbocycles. The summed E-state index contributed by atoms with van der Waals surface area (Å²) in [6, 6.07) is 11.5. The van der Waals surface area contributed by atoms with Crippen LogP contribution < -0.4 is 14.4 Å². The van der Waals surface area contributed by atoms with Crippen molar-refractivity contribution in [3.63, 3.8) is 0 Å². The fraction of sp³-hybridized carbons (Fsp3) is 0.238. The molecule has 1 saturated heterocycles. The third-order valence-corrected chi connectivity index (χ3v) is 5.70. The number of aryl methyl sites for hydroxylation is 1. The number of thiocarbonyl (C=S) groups is 1. The van der Waals surface area contributed by atoms with Gasteiger partial charge < -0.3 is 9.47 Å². The van der Waals surface area contributed by atoms with Crippen molar-refractivity contribution in [3.05, 3.63) is 58.0 Å². The van der Waals surface area contributed by atoms with Crippen LogP contribution in [0.4, 0.5) is 5.69 Å². The van der Waals surface area contributed by atoms with Crippen LogP contribution in [-0.4, -0.2) is 23.9 Å². The summed E-state index contributed by atoms with van der Waals surface area (Å²) in [6.45, 7) is 6.51. The van der Waals surface area contributed by atoms with Gasteiger partial charge in [0.2, 0.25) is 0 Å². The van der Waals surface area contributed by atoms with Crippen molar-refractivity contribution in [3.8, 4) is 11.5 Å². The molecule has 140 valence electrons. The summed E-state index contributed by atoms with van der Waals surface area (Å²) in [5.74, 6) is 1.21. The van der Waals surface area contributed by atoms with Gasteiger partial charge in [-0.3, -0.25) is 9.69 Å². The molecule has 1 heterocycles. The van der Waals surface area contributed by atoms with Gasteiger partial charge in [-0.05, 0) is 61.7 Å². The largest absolute Gasteiger partial charge is 0.493 e. The number of anilines is 1. The van der Waals surface area contributed by atoms with E-state index in [1.165, 1.54) is 11.8 Å². The van der Waals surface area contributed by atoms with Crippen LogP contribution in [0, 0.1) is 13.8 Å². The van der Waals surface area contributed by atoms with Gasteiger partial charge in [0.1, 0.15) is 0 Å². The second kappa shape index (κ2) is 8.15. The quantitative estimate of drug-likeness (QED) is 0.516. The van der Waals surface area contributed by atoms with Crippen molar-refractivity contribution < 1.29 is 14.3 Å². The molecule has 1 aliphatic heterocycles. The van der Waals surface area contributed by atoms with Crippen LogP contribution >= 0.6 is 24.0 Å². The molecule has 0 atom stereocenters. The van der Waals surface area contributed by atoms with E-state index in [1.54, 1.807) is 12.0 Å². The fourth-order valence-electron chi connectivity index (χ4n) is 2.85. The first-order chi connectivity index (χ1) is 13.0. The van der Waals surface area contributed by atoms with Gasteiger partial charge in [-0.1, -0.05) is 42.2 Å². The van der Waals surface area contributed by atoms with Crippen LogP contribution in [0.5, 0.6) is 11.5 Å². The van der Waals surface area contributed by atoms with E-state index in [-0.39, 0.29) is 5.91 Å². The van der Waals surface area contributed by atoms with Crippen molar-refractivity contribution in [2.24, 2.45) is 0 Å². The van der Waals surface area contributed by atoms with E-state index >= 15 is 0 Å². The van der Waals surface area contributed by atoms with Crippen LogP contribution in [-0.2, 0) is 4.79 Å². The Morgan fingerprint density at radius 2 is 1.96 bits per heavy atom.